The number of aromatic amines is 1. The van der Waals surface area contributed by atoms with Crippen molar-refractivity contribution in [2.75, 3.05) is 5.73 Å². The van der Waals surface area contributed by atoms with Gasteiger partial charge in [0, 0.05) is 5.69 Å². The fourth-order valence-corrected chi connectivity index (χ4v) is 1.50. The van der Waals surface area contributed by atoms with Gasteiger partial charge in [0.15, 0.2) is 5.65 Å². The van der Waals surface area contributed by atoms with Crippen LogP contribution in [0.1, 0.15) is 11.3 Å². The molecular formula is C9H10N4O. The first-order chi connectivity index (χ1) is 6.58. The molecule has 72 valence electrons. The fraction of sp³-hybridized carbons (Fsp3) is 0.222. The second-order valence-corrected chi connectivity index (χ2v) is 3.23. The zero-order chi connectivity index (χ0) is 10.3. The lowest BCUT2D eigenvalue weighted by atomic mass is 10.2. The highest BCUT2D eigenvalue weighted by Crippen LogP contribution is 2.11. The van der Waals surface area contributed by atoms with E-state index in [1.54, 1.807) is 0 Å². The van der Waals surface area contributed by atoms with Crippen LogP contribution in [0.25, 0.3) is 11.0 Å². The maximum atomic E-state index is 11.5. The number of H-pyrrole nitrogens is 1. The Morgan fingerprint density at radius 3 is 2.79 bits per heavy atom. The third-order valence-electron chi connectivity index (χ3n) is 2.02. The summed E-state index contributed by atoms with van der Waals surface area (Å²) < 4.78 is 0. The fourth-order valence-electron chi connectivity index (χ4n) is 1.50. The summed E-state index contributed by atoms with van der Waals surface area (Å²) in [4.78, 5) is 22.1. The van der Waals surface area contributed by atoms with Crippen molar-refractivity contribution in [1.82, 2.24) is 15.0 Å². The molecule has 5 nitrogen and oxygen atoms in total. The van der Waals surface area contributed by atoms with Gasteiger partial charge in [0.05, 0.1) is 5.39 Å². The lowest BCUT2D eigenvalue weighted by Gasteiger charge is -2.02. The van der Waals surface area contributed by atoms with Crippen molar-refractivity contribution in [1.29, 1.82) is 0 Å². The van der Waals surface area contributed by atoms with E-state index < -0.39 is 0 Å². The van der Waals surface area contributed by atoms with Gasteiger partial charge in [-0.15, -0.1) is 0 Å². The summed E-state index contributed by atoms with van der Waals surface area (Å²) in [5.41, 5.74) is 7.27. The van der Waals surface area contributed by atoms with Gasteiger partial charge in [-0.25, -0.2) is 4.98 Å². The van der Waals surface area contributed by atoms with Crippen molar-refractivity contribution in [2.24, 2.45) is 0 Å². The molecule has 3 N–H and O–H groups in total. The molecular weight excluding hydrogens is 180 g/mol. The first kappa shape index (κ1) is 8.68. The Labute approximate surface area is 80.0 Å². The van der Waals surface area contributed by atoms with Crippen LogP contribution in [-0.4, -0.2) is 15.0 Å². The van der Waals surface area contributed by atoms with E-state index in [2.05, 4.69) is 15.0 Å². The van der Waals surface area contributed by atoms with Gasteiger partial charge in [-0.05, 0) is 25.5 Å². The molecule has 14 heavy (non-hydrogen) atoms. The van der Waals surface area contributed by atoms with Crippen LogP contribution in [0.5, 0.6) is 0 Å². The highest BCUT2D eigenvalue weighted by molar-refractivity contribution is 5.78. The monoisotopic (exact) mass is 190 g/mol. The average molecular weight is 190 g/mol. The predicted molar refractivity (Wildman–Crippen MR) is 54.0 cm³/mol. The van der Waals surface area contributed by atoms with Crippen molar-refractivity contribution >= 4 is 17.0 Å². The van der Waals surface area contributed by atoms with Gasteiger partial charge in [0.1, 0.15) is 0 Å². The van der Waals surface area contributed by atoms with Crippen LogP contribution in [0.4, 0.5) is 5.95 Å². The van der Waals surface area contributed by atoms with Crippen molar-refractivity contribution in [3.05, 3.63) is 27.7 Å². The summed E-state index contributed by atoms with van der Waals surface area (Å²) in [7, 11) is 0. The van der Waals surface area contributed by atoms with Crippen molar-refractivity contribution in [2.45, 2.75) is 13.8 Å². The van der Waals surface area contributed by atoms with Gasteiger partial charge in [-0.2, -0.15) is 4.98 Å². The molecule has 0 aliphatic heterocycles. The number of hydrogen-bond donors (Lipinski definition) is 2. The van der Waals surface area contributed by atoms with E-state index in [1.165, 1.54) is 0 Å². The molecule has 5 heteroatoms. The minimum atomic E-state index is -0.238. The molecule has 2 heterocycles. The van der Waals surface area contributed by atoms with Crippen LogP contribution in [0.3, 0.4) is 0 Å². The molecule has 0 aliphatic carbocycles. The Morgan fingerprint density at radius 2 is 2.07 bits per heavy atom. The van der Waals surface area contributed by atoms with E-state index in [9.17, 15) is 4.79 Å². The number of fused-ring (bicyclic) bond motifs is 1. The van der Waals surface area contributed by atoms with Crippen LogP contribution in [-0.2, 0) is 0 Å². The van der Waals surface area contributed by atoms with Gasteiger partial charge >= 0.3 is 0 Å². The third kappa shape index (κ3) is 1.22. The van der Waals surface area contributed by atoms with E-state index in [0.29, 0.717) is 11.0 Å². The molecule has 0 atom stereocenters. The molecule has 0 saturated heterocycles. The average Bonchev–Trinajstić information content (AvgIpc) is 1.99. The number of aromatic nitrogens is 3. The zero-order valence-corrected chi connectivity index (χ0v) is 7.96. The maximum absolute atomic E-state index is 11.5. The van der Waals surface area contributed by atoms with Gasteiger partial charge in [-0.3, -0.25) is 9.78 Å². The number of anilines is 1. The molecule has 0 unspecified atom stereocenters. The topological polar surface area (TPSA) is 84.7 Å². The van der Waals surface area contributed by atoms with Gasteiger partial charge in [-0.1, -0.05) is 0 Å². The first-order valence-corrected chi connectivity index (χ1v) is 4.21. The van der Waals surface area contributed by atoms with Crippen LogP contribution < -0.4 is 11.3 Å². The normalized spacial score (nSPS) is 10.7. The summed E-state index contributed by atoms with van der Waals surface area (Å²) in [5.74, 6) is 0.0972. The minimum Gasteiger partial charge on any atom is -0.369 e. The molecule has 0 bridgehead atoms. The van der Waals surface area contributed by atoms with Gasteiger partial charge in [0.2, 0.25) is 5.95 Å². The predicted octanol–water partition coefficient (Wildman–Crippen LogP) is 0.517. The summed E-state index contributed by atoms with van der Waals surface area (Å²) >= 11 is 0. The SMILES string of the molecule is Cc1cc(C)c2c(=O)[nH]c(N)nc2n1. The Kier molecular flexibility index (Phi) is 1.73. The standard InChI is InChI=1S/C9H10N4O/c1-4-3-5(2)11-7-6(4)8(14)13-9(10)12-7/h3H,1-2H3,(H3,10,11,12,13,14). The number of pyridine rings is 1. The highest BCUT2D eigenvalue weighted by Gasteiger charge is 2.06. The lowest BCUT2D eigenvalue weighted by molar-refractivity contribution is 1.12. The Morgan fingerprint density at radius 1 is 1.36 bits per heavy atom. The van der Waals surface area contributed by atoms with E-state index in [-0.39, 0.29) is 11.5 Å². The van der Waals surface area contributed by atoms with E-state index in [4.69, 9.17) is 5.73 Å². The van der Waals surface area contributed by atoms with Crippen molar-refractivity contribution < 1.29 is 0 Å². The number of rotatable bonds is 0. The molecule has 0 saturated carbocycles. The second kappa shape index (κ2) is 2.80. The maximum Gasteiger partial charge on any atom is 0.262 e. The second-order valence-electron chi connectivity index (χ2n) is 3.23. The quantitative estimate of drug-likeness (QED) is 0.634. The molecule has 0 spiro atoms. The van der Waals surface area contributed by atoms with Crippen LogP contribution in [0.2, 0.25) is 0 Å². The Hall–Kier alpha value is -1.91. The smallest absolute Gasteiger partial charge is 0.262 e. The minimum absolute atomic E-state index is 0.0972. The number of nitrogens with one attached hydrogen (secondary N) is 1. The molecule has 0 aliphatic rings. The van der Waals surface area contributed by atoms with Crippen LogP contribution in [0, 0.1) is 13.8 Å². The van der Waals surface area contributed by atoms with E-state index in [0.717, 1.165) is 11.3 Å². The molecule has 2 aromatic rings. The van der Waals surface area contributed by atoms with Crippen molar-refractivity contribution in [3.63, 3.8) is 0 Å². The summed E-state index contributed by atoms with van der Waals surface area (Å²) in [6.07, 6.45) is 0. The Balaban J connectivity index is 3.02. The van der Waals surface area contributed by atoms with Crippen LogP contribution in [0.15, 0.2) is 10.9 Å². The zero-order valence-electron chi connectivity index (χ0n) is 7.96. The molecule has 2 rings (SSSR count). The number of hydrogen-bond acceptors (Lipinski definition) is 4. The van der Waals surface area contributed by atoms with Crippen LogP contribution >= 0.6 is 0 Å². The number of nitrogens with zero attached hydrogens (tertiary/aromatic N) is 2. The highest BCUT2D eigenvalue weighted by atomic mass is 16.1. The van der Waals surface area contributed by atoms with Gasteiger partial charge < -0.3 is 5.73 Å². The van der Waals surface area contributed by atoms with Gasteiger partial charge in [0.25, 0.3) is 5.56 Å². The lowest BCUT2D eigenvalue weighted by Crippen LogP contribution is -2.13. The summed E-state index contributed by atoms with van der Waals surface area (Å²) in [5, 5.41) is 0.504. The third-order valence-corrected chi connectivity index (χ3v) is 2.02. The Bertz CT molecular complexity index is 553. The first-order valence-electron chi connectivity index (χ1n) is 4.21. The van der Waals surface area contributed by atoms with E-state index in [1.807, 2.05) is 19.9 Å². The number of nitrogens with two attached hydrogens (primary N) is 1. The number of nitrogen functional groups attached to an aromatic ring is 1. The summed E-state index contributed by atoms with van der Waals surface area (Å²) in [6, 6.07) is 1.84. The largest absolute Gasteiger partial charge is 0.369 e. The number of aryl methyl sites for hydroxylation is 2. The van der Waals surface area contributed by atoms with Crippen molar-refractivity contribution in [3.8, 4) is 0 Å². The molecule has 2 aromatic heterocycles. The van der Waals surface area contributed by atoms with E-state index >= 15 is 0 Å². The molecule has 0 fully saturated rings. The molecule has 0 aromatic carbocycles. The molecule has 0 amide bonds. The molecule has 0 radical (unpaired) electrons. The summed E-state index contributed by atoms with van der Waals surface area (Å²) in [6.45, 7) is 3.70.